The fourth-order valence-electron chi connectivity index (χ4n) is 2.57. The molecule has 2 aromatic heterocycles. The molecule has 0 amide bonds. The number of rotatable bonds is 1. The van der Waals surface area contributed by atoms with Gasteiger partial charge in [-0.05, 0) is 6.07 Å². The second-order valence-electron chi connectivity index (χ2n) is 4.95. The number of aromatic nitrogens is 3. The Balaban J connectivity index is 2.68. The lowest BCUT2D eigenvalue weighted by molar-refractivity contribution is 0.791. The number of aryl methyl sites for hydroxylation is 2. The van der Waals surface area contributed by atoms with E-state index in [4.69, 9.17) is 0 Å². The number of anilines is 1. The zero-order valence-electron chi connectivity index (χ0n) is 11.5. The van der Waals surface area contributed by atoms with Crippen molar-refractivity contribution >= 4 is 27.6 Å². The van der Waals surface area contributed by atoms with Gasteiger partial charge in [0.2, 0.25) is 0 Å². The minimum Gasteiger partial charge on any atom is -0.361 e. The van der Waals surface area contributed by atoms with Crippen LogP contribution in [-0.2, 0) is 14.1 Å². The third kappa shape index (κ3) is 1.47. The fraction of sp³-hybridized carbons (Fsp3) is 0.286. The Morgan fingerprint density at radius 1 is 1.16 bits per heavy atom. The summed E-state index contributed by atoms with van der Waals surface area (Å²) in [6.07, 6.45) is 0. The summed E-state index contributed by atoms with van der Waals surface area (Å²) in [6.45, 7) is 0. The molecule has 0 aliphatic carbocycles. The third-order valence-corrected chi connectivity index (χ3v) is 3.49. The molecular weight excluding hydrogens is 240 g/mol. The summed E-state index contributed by atoms with van der Waals surface area (Å²) in [5.74, 6) is 0.712. The first kappa shape index (κ1) is 11.8. The normalized spacial score (nSPS) is 11.4. The van der Waals surface area contributed by atoms with Crippen molar-refractivity contribution in [3.05, 3.63) is 34.6 Å². The lowest BCUT2D eigenvalue weighted by Gasteiger charge is -2.10. The van der Waals surface area contributed by atoms with Crippen LogP contribution >= 0.6 is 0 Å². The van der Waals surface area contributed by atoms with Crippen LogP contribution in [0.5, 0.6) is 0 Å². The third-order valence-electron chi connectivity index (χ3n) is 3.49. The van der Waals surface area contributed by atoms with Gasteiger partial charge in [-0.1, -0.05) is 18.2 Å². The van der Waals surface area contributed by atoms with Gasteiger partial charge >= 0.3 is 0 Å². The number of pyridine rings is 1. The van der Waals surface area contributed by atoms with Crippen molar-refractivity contribution in [2.75, 3.05) is 19.0 Å². The molecule has 3 aromatic rings. The van der Waals surface area contributed by atoms with Crippen LogP contribution in [-0.4, -0.2) is 28.4 Å². The van der Waals surface area contributed by atoms with Crippen molar-refractivity contribution in [1.82, 2.24) is 14.3 Å². The van der Waals surface area contributed by atoms with E-state index in [1.165, 1.54) is 0 Å². The molecule has 19 heavy (non-hydrogen) atoms. The number of para-hydroxylation sites is 1. The van der Waals surface area contributed by atoms with Gasteiger partial charge in [-0.2, -0.15) is 5.10 Å². The molecule has 5 nitrogen and oxygen atoms in total. The van der Waals surface area contributed by atoms with E-state index in [1.807, 2.05) is 50.3 Å². The van der Waals surface area contributed by atoms with Gasteiger partial charge in [0.25, 0.3) is 5.56 Å². The predicted molar refractivity (Wildman–Crippen MR) is 77.8 cm³/mol. The summed E-state index contributed by atoms with van der Waals surface area (Å²) in [5.41, 5.74) is 1.81. The molecule has 2 heterocycles. The standard InChI is InChI=1S/C14H16N4O/c1-16(2)13-11-12(18(4)15-13)9-7-5-6-8-10(9)17(3)14(11)19/h5-8H,1-4H3. The quantitative estimate of drug-likeness (QED) is 0.662. The molecule has 0 saturated carbocycles. The van der Waals surface area contributed by atoms with Crippen molar-refractivity contribution in [3.63, 3.8) is 0 Å². The number of fused-ring (bicyclic) bond motifs is 3. The van der Waals surface area contributed by atoms with Crippen LogP contribution < -0.4 is 10.5 Å². The van der Waals surface area contributed by atoms with Crippen LogP contribution in [0, 0.1) is 0 Å². The molecule has 0 radical (unpaired) electrons. The molecule has 0 saturated heterocycles. The highest BCUT2D eigenvalue weighted by Gasteiger charge is 2.18. The molecule has 0 N–H and O–H groups in total. The first-order valence-electron chi connectivity index (χ1n) is 6.14. The highest BCUT2D eigenvalue weighted by atomic mass is 16.1. The number of hydrogen-bond donors (Lipinski definition) is 0. The maximum Gasteiger partial charge on any atom is 0.264 e. The maximum absolute atomic E-state index is 12.6. The molecule has 0 fully saturated rings. The Labute approximate surface area is 110 Å². The van der Waals surface area contributed by atoms with Gasteiger partial charge < -0.3 is 9.47 Å². The number of benzene rings is 1. The van der Waals surface area contributed by atoms with Crippen LogP contribution in [0.25, 0.3) is 21.8 Å². The van der Waals surface area contributed by atoms with Crippen LogP contribution in [0.1, 0.15) is 0 Å². The molecule has 5 heteroatoms. The molecule has 0 aliphatic heterocycles. The molecule has 0 bridgehead atoms. The molecule has 98 valence electrons. The lowest BCUT2D eigenvalue weighted by Crippen LogP contribution is -2.19. The molecule has 1 aromatic carbocycles. The SMILES string of the molecule is CN(C)c1nn(C)c2c1c(=O)n(C)c1ccccc21. The van der Waals surface area contributed by atoms with Crippen LogP contribution in [0.3, 0.4) is 0 Å². The Hall–Kier alpha value is -2.30. The van der Waals surface area contributed by atoms with Gasteiger partial charge in [-0.3, -0.25) is 9.48 Å². The van der Waals surface area contributed by atoms with E-state index in [0.717, 1.165) is 16.4 Å². The Morgan fingerprint density at radius 3 is 2.53 bits per heavy atom. The molecule has 0 spiro atoms. The molecule has 0 atom stereocenters. The van der Waals surface area contributed by atoms with Crippen molar-refractivity contribution < 1.29 is 0 Å². The Kier molecular flexibility index (Phi) is 2.38. The van der Waals surface area contributed by atoms with Gasteiger partial charge in [0, 0.05) is 33.6 Å². The van der Waals surface area contributed by atoms with Crippen molar-refractivity contribution in [2.45, 2.75) is 0 Å². The zero-order chi connectivity index (χ0) is 13.7. The second-order valence-corrected chi connectivity index (χ2v) is 4.95. The smallest absolute Gasteiger partial charge is 0.264 e. The van der Waals surface area contributed by atoms with E-state index in [9.17, 15) is 4.79 Å². The fourth-order valence-corrected chi connectivity index (χ4v) is 2.57. The van der Waals surface area contributed by atoms with Crippen molar-refractivity contribution in [2.24, 2.45) is 14.1 Å². The minimum atomic E-state index is -0.00880. The highest BCUT2D eigenvalue weighted by molar-refractivity contribution is 6.07. The predicted octanol–water partition coefficient (Wildman–Crippen LogP) is 1.49. The van der Waals surface area contributed by atoms with Gasteiger partial charge in [0.1, 0.15) is 5.39 Å². The van der Waals surface area contributed by atoms with E-state index in [-0.39, 0.29) is 5.56 Å². The largest absolute Gasteiger partial charge is 0.361 e. The molecular formula is C14H16N4O. The van der Waals surface area contributed by atoms with Crippen LogP contribution in [0.2, 0.25) is 0 Å². The topological polar surface area (TPSA) is 43.1 Å². The average Bonchev–Trinajstić information content (AvgIpc) is 2.74. The summed E-state index contributed by atoms with van der Waals surface area (Å²) in [6, 6.07) is 7.90. The van der Waals surface area contributed by atoms with Gasteiger partial charge in [-0.15, -0.1) is 0 Å². The summed E-state index contributed by atoms with van der Waals surface area (Å²) >= 11 is 0. The molecule has 0 aliphatic rings. The van der Waals surface area contributed by atoms with E-state index in [0.29, 0.717) is 11.2 Å². The first-order valence-corrected chi connectivity index (χ1v) is 6.14. The summed E-state index contributed by atoms with van der Waals surface area (Å²) in [5, 5.41) is 6.19. The average molecular weight is 256 g/mol. The monoisotopic (exact) mass is 256 g/mol. The summed E-state index contributed by atoms with van der Waals surface area (Å²) in [7, 11) is 7.48. The van der Waals surface area contributed by atoms with E-state index in [1.54, 1.807) is 16.3 Å². The number of nitrogens with zero attached hydrogens (tertiary/aromatic N) is 4. The summed E-state index contributed by atoms with van der Waals surface area (Å²) in [4.78, 5) is 14.4. The summed E-state index contributed by atoms with van der Waals surface area (Å²) < 4.78 is 3.47. The Bertz CT molecular complexity index is 842. The van der Waals surface area contributed by atoms with Crippen LogP contribution in [0.4, 0.5) is 5.82 Å². The highest BCUT2D eigenvalue weighted by Crippen LogP contribution is 2.27. The maximum atomic E-state index is 12.6. The lowest BCUT2D eigenvalue weighted by atomic mass is 10.1. The van der Waals surface area contributed by atoms with E-state index in [2.05, 4.69) is 5.10 Å². The van der Waals surface area contributed by atoms with Crippen molar-refractivity contribution in [3.8, 4) is 0 Å². The van der Waals surface area contributed by atoms with Gasteiger partial charge in [0.15, 0.2) is 5.82 Å². The van der Waals surface area contributed by atoms with Gasteiger partial charge in [-0.25, -0.2) is 0 Å². The minimum absolute atomic E-state index is 0.00880. The first-order chi connectivity index (χ1) is 9.02. The van der Waals surface area contributed by atoms with Crippen molar-refractivity contribution in [1.29, 1.82) is 0 Å². The Morgan fingerprint density at radius 2 is 1.84 bits per heavy atom. The zero-order valence-corrected chi connectivity index (χ0v) is 11.5. The van der Waals surface area contributed by atoms with E-state index >= 15 is 0 Å². The molecule has 0 unspecified atom stereocenters. The number of hydrogen-bond acceptors (Lipinski definition) is 3. The van der Waals surface area contributed by atoms with Crippen LogP contribution in [0.15, 0.2) is 29.1 Å². The second kappa shape index (κ2) is 3.85. The van der Waals surface area contributed by atoms with Gasteiger partial charge in [0.05, 0.1) is 11.0 Å². The van der Waals surface area contributed by atoms with E-state index < -0.39 is 0 Å². The molecule has 3 rings (SSSR count).